The van der Waals surface area contributed by atoms with Gasteiger partial charge < -0.3 is 5.32 Å². The van der Waals surface area contributed by atoms with Gasteiger partial charge in [-0.3, -0.25) is 0 Å². The summed E-state index contributed by atoms with van der Waals surface area (Å²) in [6.45, 7) is 2.14. The molecule has 1 aliphatic carbocycles. The Kier molecular flexibility index (Phi) is 0.823. The van der Waals surface area contributed by atoms with Crippen LogP contribution in [0.3, 0.4) is 0 Å². The molecule has 0 radical (unpaired) electrons. The number of anilines is 1. The van der Waals surface area contributed by atoms with Crippen molar-refractivity contribution >= 4 is 5.69 Å². The molecule has 0 bridgehead atoms. The number of benzene rings is 1. The predicted molar refractivity (Wildman–Crippen MR) is 45.9 cm³/mol. The van der Waals surface area contributed by atoms with Crippen molar-refractivity contribution in [2.45, 2.75) is 25.3 Å². The third kappa shape index (κ3) is 0.657. The largest absolute Gasteiger partial charge is 0.381 e. The summed E-state index contributed by atoms with van der Waals surface area (Å²) in [6.07, 6.45) is 1.36. The van der Waals surface area contributed by atoms with Crippen LogP contribution in [0.2, 0.25) is 0 Å². The summed E-state index contributed by atoms with van der Waals surface area (Å²) >= 11 is 0. The quantitative estimate of drug-likeness (QED) is 0.590. The zero-order valence-electron chi connectivity index (χ0n) is 6.59. The molecule has 1 aliphatic heterocycles. The molecule has 0 amide bonds. The summed E-state index contributed by atoms with van der Waals surface area (Å²) in [4.78, 5) is 0. The van der Waals surface area contributed by atoms with E-state index in [0.717, 1.165) is 12.0 Å². The fourth-order valence-electron chi connectivity index (χ4n) is 2.02. The Labute approximate surface area is 66.4 Å². The van der Waals surface area contributed by atoms with E-state index >= 15 is 0 Å². The molecule has 1 heterocycles. The Bertz CT molecular complexity index is 317. The highest BCUT2D eigenvalue weighted by Crippen LogP contribution is 2.51. The standard InChI is InChI=1S/C10H11N/c1-6-2-3-7-8-5-10(8)11-9(7)4-6/h2-4,8,10-11H,5H2,1H3. The molecule has 56 valence electrons. The Morgan fingerprint density at radius 2 is 2.36 bits per heavy atom. The second-order valence-corrected chi connectivity index (χ2v) is 3.68. The van der Waals surface area contributed by atoms with Gasteiger partial charge in [0.25, 0.3) is 0 Å². The summed E-state index contributed by atoms with van der Waals surface area (Å²) < 4.78 is 0. The zero-order chi connectivity index (χ0) is 7.42. The molecule has 11 heavy (non-hydrogen) atoms. The molecule has 1 fully saturated rings. The van der Waals surface area contributed by atoms with E-state index in [1.165, 1.54) is 17.7 Å². The van der Waals surface area contributed by atoms with Gasteiger partial charge >= 0.3 is 0 Å². The number of hydrogen-bond donors (Lipinski definition) is 1. The highest BCUT2D eigenvalue weighted by molar-refractivity contribution is 5.64. The maximum absolute atomic E-state index is 3.51. The van der Waals surface area contributed by atoms with Crippen LogP contribution in [0.5, 0.6) is 0 Å². The molecule has 1 saturated carbocycles. The molecule has 0 aromatic heterocycles. The van der Waals surface area contributed by atoms with E-state index in [-0.39, 0.29) is 0 Å². The summed E-state index contributed by atoms with van der Waals surface area (Å²) in [5, 5.41) is 3.51. The topological polar surface area (TPSA) is 12.0 Å². The van der Waals surface area contributed by atoms with E-state index < -0.39 is 0 Å². The number of rotatable bonds is 0. The smallest absolute Gasteiger partial charge is 0.0381 e. The number of aryl methyl sites for hydroxylation is 1. The number of nitrogens with one attached hydrogen (secondary N) is 1. The fraction of sp³-hybridized carbons (Fsp3) is 0.400. The molecular weight excluding hydrogens is 134 g/mol. The Morgan fingerprint density at radius 1 is 1.45 bits per heavy atom. The minimum atomic E-state index is 0.784. The van der Waals surface area contributed by atoms with Crippen molar-refractivity contribution in [3.8, 4) is 0 Å². The molecule has 1 aromatic rings. The van der Waals surface area contributed by atoms with Crippen molar-refractivity contribution in [2.75, 3.05) is 5.32 Å². The Morgan fingerprint density at radius 3 is 3.27 bits per heavy atom. The maximum Gasteiger partial charge on any atom is 0.0381 e. The van der Waals surface area contributed by atoms with E-state index in [4.69, 9.17) is 0 Å². The SMILES string of the molecule is Cc1ccc2c(c1)NC1CC21. The third-order valence-electron chi connectivity index (χ3n) is 2.74. The monoisotopic (exact) mass is 145 g/mol. The van der Waals surface area contributed by atoms with Gasteiger partial charge in [0.15, 0.2) is 0 Å². The minimum absolute atomic E-state index is 0.784. The Balaban J connectivity index is 2.18. The summed E-state index contributed by atoms with van der Waals surface area (Å²) in [6, 6.07) is 7.52. The summed E-state index contributed by atoms with van der Waals surface area (Å²) in [5.74, 6) is 0.852. The van der Waals surface area contributed by atoms with Gasteiger partial charge in [-0.25, -0.2) is 0 Å². The first-order valence-electron chi connectivity index (χ1n) is 4.22. The van der Waals surface area contributed by atoms with Crippen LogP contribution < -0.4 is 5.32 Å². The van der Waals surface area contributed by atoms with E-state index in [0.29, 0.717) is 0 Å². The molecule has 1 heteroatoms. The van der Waals surface area contributed by atoms with Crippen LogP contribution in [0, 0.1) is 6.92 Å². The number of hydrogen-bond acceptors (Lipinski definition) is 1. The average Bonchev–Trinajstić information content (AvgIpc) is 2.63. The molecule has 2 unspecified atom stereocenters. The van der Waals surface area contributed by atoms with Crippen LogP contribution in [0.25, 0.3) is 0 Å². The lowest BCUT2D eigenvalue weighted by molar-refractivity contribution is 1.13. The lowest BCUT2D eigenvalue weighted by Crippen LogP contribution is -1.96. The summed E-state index contributed by atoms with van der Waals surface area (Å²) in [7, 11) is 0. The third-order valence-corrected chi connectivity index (χ3v) is 2.74. The van der Waals surface area contributed by atoms with Crippen molar-refractivity contribution in [3.05, 3.63) is 29.3 Å². The van der Waals surface area contributed by atoms with E-state index in [1.807, 2.05) is 0 Å². The van der Waals surface area contributed by atoms with Crippen molar-refractivity contribution in [1.29, 1.82) is 0 Å². The zero-order valence-corrected chi connectivity index (χ0v) is 6.59. The second-order valence-electron chi connectivity index (χ2n) is 3.68. The summed E-state index contributed by atoms with van der Waals surface area (Å²) in [5.41, 5.74) is 4.28. The molecule has 3 rings (SSSR count). The van der Waals surface area contributed by atoms with Crippen LogP contribution in [0.15, 0.2) is 18.2 Å². The first-order valence-corrected chi connectivity index (χ1v) is 4.22. The van der Waals surface area contributed by atoms with Crippen LogP contribution in [-0.4, -0.2) is 6.04 Å². The molecule has 2 atom stereocenters. The van der Waals surface area contributed by atoms with Gasteiger partial charge in [0, 0.05) is 17.6 Å². The molecule has 0 spiro atoms. The van der Waals surface area contributed by atoms with E-state index in [2.05, 4.69) is 30.4 Å². The van der Waals surface area contributed by atoms with Crippen molar-refractivity contribution < 1.29 is 0 Å². The van der Waals surface area contributed by atoms with Gasteiger partial charge in [0.1, 0.15) is 0 Å². The molecule has 0 saturated heterocycles. The highest BCUT2D eigenvalue weighted by atomic mass is 15.0. The molecular formula is C10H11N. The molecule has 2 aliphatic rings. The molecule has 1 nitrogen and oxygen atoms in total. The van der Waals surface area contributed by atoms with Crippen LogP contribution in [0.1, 0.15) is 23.5 Å². The lowest BCUT2D eigenvalue weighted by atomic mass is 10.1. The van der Waals surface area contributed by atoms with Crippen molar-refractivity contribution in [1.82, 2.24) is 0 Å². The first kappa shape index (κ1) is 5.64. The van der Waals surface area contributed by atoms with E-state index in [9.17, 15) is 0 Å². The highest BCUT2D eigenvalue weighted by Gasteiger charge is 2.44. The maximum atomic E-state index is 3.51. The normalized spacial score (nSPS) is 30.6. The van der Waals surface area contributed by atoms with Crippen molar-refractivity contribution in [3.63, 3.8) is 0 Å². The van der Waals surface area contributed by atoms with Gasteiger partial charge in [-0.1, -0.05) is 12.1 Å². The van der Waals surface area contributed by atoms with E-state index in [1.54, 1.807) is 5.56 Å². The van der Waals surface area contributed by atoms with Gasteiger partial charge in [0.2, 0.25) is 0 Å². The molecule has 1 N–H and O–H groups in total. The fourth-order valence-corrected chi connectivity index (χ4v) is 2.02. The predicted octanol–water partition coefficient (Wildman–Crippen LogP) is 2.28. The number of fused-ring (bicyclic) bond motifs is 3. The Hall–Kier alpha value is -0.980. The van der Waals surface area contributed by atoms with Gasteiger partial charge in [-0.05, 0) is 30.5 Å². The first-order chi connectivity index (χ1) is 5.34. The minimum Gasteiger partial charge on any atom is -0.381 e. The van der Waals surface area contributed by atoms with Gasteiger partial charge in [-0.15, -0.1) is 0 Å². The average molecular weight is 145 g/mol. The van der Waals surface area contributed by atoms with Crippen LogP contribution in [0.4, 0.5) is 5.69 Å². The van der Waals surface area contributed by atoms with Crippen LogP contribution in [-0.2, 0) is 0 Å². The van der Waals surface area contributed by atoms with Crippen LogP contribution >= 0.6 is 0 Å². The van der Waals surface area contributed by atoms with Gasteiger partial charge in [-0.2, -0.15) is 0 Å². The lowest BCUT2D eigenvalue weighted by Gasteiger charge is -2.03. The molecule has 1 aromatic carbocycles. The second kappa shape index (κ2) is 1.60. The van der Waals surface area contributed by atoms with Gasteiger partial charge in [0.05, 0.1) is 0 Å². The van der Waals surface area contributed by atoms with Crippen molar-refractivity contribution in [2.24, 2.45) is 0 Å².